The molecule has 34 heavy (non-hydrogen) atoms. The van der Waals surface area contributed by atoms with Gasteiger partial charge in [-0.25, -0.2) is 0 Å². The fraction of sp³-hybridized carbons (Fsp3) is 0.321. The number of aliphatic carboxylic acids is 1. The van der Waals surface area contributed by atoms with Crippen molar-refractivity contribution in [2.24, 2.45) is 0 Å². The SMILES string of the molecule is CCCOc1ccc(C(O)(c2ccc(OCCCC(=O)O)cc2)c2ccc(N(C)C)cc2)cc1. The van der Waals surface area contributed by atoms with Crippen LogP contribution in [0.5, 0.6) is 11.5 Å². The van der Waals surface area contributed by atoms with Crippen molar-refractivity contribution in [3.8, 4) is 11.5 Å². The first-order valence-corrected chi connectivity index (χ1v) is 11.5. The molecule has 6 nitrogen and oxygen atoms in total. The molecule has 0 aliphatic heterocycles. The van der Waals surface area contributed by atoms with E-state index in [1.54, 1.807) is 12.1 Å². The average Bonchev–Trinajstić information content (AvgIpc) is 2.85. The molecule has 3 aromatic rings. The highest BCUT2D eigenvalue weighted by Gasteiger charge is 2.34. The van der Waals surface area contributed by atoms with Crippen LogP contribution in [0.4, 0.5) is 5.69 Å². The van der Waals surface area contributed by atoms with Crippen LogP contribution in [0.15, 0.2) is 72.8 Å². The standard InChI is InChI=1S/C28H33NO5/c1-4-19-33-25-15-9-22(10-16-25)28(32,21-7-13-24(14-8-21)29(2)3)23-11-17-26(18-12-23)34-20-5-6-27(30)31/h7-18,32H,4-6,19-20H2,1-3H3,(H,30,31). The number of benzene rings is 3. The van der Waals surface area contributed by atoms with E-state index in [-0.39, 0.29) is 6.42 Å². The summed E-state index contributed by atoms with van der Waals surface area (Å²) < 4.78 is 11.4. The summed E-state index contributed by atoms with van der Waals surface area (Å²) in [6, 6.07) is 22.7. The van der Waals surface area contributed by atoms with Gasteiger partial charge in [0.05, 0.1) is 13.2 Å². The highest BCUT2D eigenvalue weighted by atomic mass is 16.5. The highest BCUT2D eigenvalue weighted by molar-refractivity contribution is 5.66. The van der Waals surface area contributed by atoms with E-state index in [0.29, 0.717) is 30.9 Å². The molecule has 0 aliphatic rings. The van der Waals surface area contributed by atoms with Crippen LogP contribution in [0, 0.1) is 0 Å². The third-order valence-electron chi connectivity index (χ3n) is 5.62. The van der Waals surface area contributed by atoms with Gasteiger partial charge in [0, 0.05) is 26.2 Å². The van der Waals surface area contributed by atoms with Crippen LogP contribution in [0.2, 0.25) is 0 Å². The number of aliphatic hydroxyl groups is 1. The number of hydrogen-bond donors (Lipinski definition) is 2. The zero-order valence-corrected chi connectivity index (χ0v) is 20.0. The van der Waals surface area contributed by atoms with Gasteiger partial charge in [-0.05, 0) is 65.9 Å². The van der Waals surface area contributed by atoms with Gasteiger partial charge >= 0.3 is 5.97 Å². The van der Waals surface area contributed by atoms with Crippen LogP contribution in [-0.2, 0) is 10.4 Å². The maximum absolute atomic E-state index is 12.1. The van der Waals surface area contributed by atoms with Gasteiger partial charge in [-0.3, -0.25) is 4.79 Å². The molecule has 0 amide bonds. The zero-order chi connectivity index (χ0) is 24.6. The Morgan fingerprint density at radius 3 is 1.65 bits per heavy atom. The van der Waals surface area contributed by atoms with E-state index in [4.69, 9.17) is 14.6 Å². The average molecular weight is 464 g/mol. The van der Waals surface area contributed by atoms with E-state index >= 15 is 0 Å². The smallest absolute Gasteiger partial charge is 0.303 e. The largest absolute Gasteiger partial charge is 0.494 e. The van der Waals surface area contributed by atoms with Crippen molar-refractivity contribution < 1.29 is 24.5 Å². The van der Waals surface area contributed by atoms with Crippen LogP contribution in [-0.4, -0.2) is 43.5 Å². The number of nitrogens with zero attached hydrogens (tertiary/aromatic N) is 1. The number of hydrogen-bond acceptors (Lipinski definition) is 5. The Hall–Kier alpha value is -3.51. The number of rotatable bonds is 12. The maximum Gasteiger partial charge on any atom is 0.303 e. The first-order valence-electron chi connectivity index (χ1n) is 11.5. The Morgan fingerprint density at radius 2 is 1.24 bits per heavy atom. The number of carboxylic acids is 1. The van der Waals surface area contributed by atoms with Crippen LogP contribution < -0.4 is 14.4 Å². The fourth-order valence-corrected chi connectivity index (χ4v) is 3.72. The third kappa shape index (κ3) is 6.08. The van der Waals surface area contributed by atoms with Crippen LogP contribution in [0.1, 0.15) is 42.9 Å². The lowest BCUT2D eigenvalue weighted by Gasteiger charge is -2.31. The van der Waals surface area contributed by atoms with E-state index in [2.05, 4.69) is 6.92 Å². The van der Waals surface area contributed by atoms with Crippen LogP contribution in [0.3, 0.4) is 0 Å². The molecule has 3 rings (SSSR count). The van der Waals surface area contributed by atoms with E-state index in [9.17, 15) is 9.90 Å². The zero-order valence-electron chi connectivity index (χ0n) is 20.0. The molecule has 3 aromatic carbocycles. The van der Waals surface area contributed by atoms with Gasteiger partial charge in [0.15, 0.2) is 0 Å². The minimum absolute atomic E-state index is 0.0682. The molecule has 0 fully saturated rings. The number of ether oxygens (including phenoxy) is 2. The molecular formula is C28H33NO5. The molecule has 0 radical (unpaired) electrons. The quantitative estimate of drug-likeness (QED) is 0.288. The van der Waals surface area contributed by atoms with Crippen molar-refractivity contribution in [3.63, 3.8) is 0 Å². The summed E-state index contributed by atoms with van der Waals surface area (Å²) in [6.45, 7) is 3.02. The molecule has 0 aromatic heterocycles. The summed E-state index contributed by atoms with van der Waals surface area (Å²) in [7, 11) is 3.96. The van der Waals surface area contributed by atoms with Crippen molar-refractivity contribution in [3.05, 3.63) is 89.5 Å². The molecular weight excluding hydrogens is 430 g/mol. The second-order valence-corrected chi connectivity index (χ2v) is 8.39. The monoisotopic (exact) mass is 463 g/mol. The normalized spacial score (nSPS) is 12.6. The second kappa shape index (κ2) is 11.6. The summed E-state index contributed by atoms with van der Waals surface area (Å²) in [6.07, 6.45) is 1.43. The molecule has 0 saturated heterocycles. The van der Waals surface area contributed by atoms with Crippen molar-refractivity contribution in [1.82, 2.24) is 0 Å². The Labute approximate surface area is 201 Å². The number of carbonyl (C=O) groups is 1. The molecule has 180 valence electrons. The van der Waals surface area contributed by atoms with Crippen molar-refractivity contribution in [1.29, 1.82) is 0 Å². The van der Waals surface area contributed by atoms with Gasteiger partial charge in [0.25, 0.3) is 0 Å². The molecule has 0 heterocycles. The molecule has 2 N–H and O–H groups in total. The van der Waals surface area contributed by atoms with Gasteiger partial charge in [-0.1, -0.05) is 43.3 Å². The molecule has 0 bridgehead atoms. The number of carboxylic acid groups (broad SMARTS) is 1. The van der Waals surface area contributed by atoms with Gasteiger partial charge in [0.2, 0.25) is 0 Å². The maximum atomic E-state index is 12.1. The predicted molar refractivity (Wildman–Crippen MR) is 134 cm³/mol. The Kier molecular flexibility index (Phi) is 8.55. The van der Waals surface area contributed by atoms with Gasteiger partial charge in [0.1, 0.15) is 17.1 Å². The molecule has 0 spiro atoms. The minimum Gasteiger partial charge on any atom is -0.494 e. The van der Waals surface area contributed by atoms with Crippen molar-refractivity contribution in [2.45, 2.75) is 31.8 Å². The van der Waals surface area contributed by atoms with E-state index in [1.807, 2.05) is 79.7 Å². The lowest BCUT2D eigenvalue weighted by molar-refractivity contribution is -0.137. The summed E-state index contributed by atoms with van der Waals surface area (Å²) >= 11 is 0. The summed E-state index contributed by atoms with van der Waals surface area (Å²) in [5.74, 6) is 0.555. The molecule has 6 heteroatoms. The highest BCUT2D eigenvalue weighted by Crippen LogP contribution is 2.38. The summed E-state index contributed by atoms with van der Waals surface area (Å²) in [4.78, 5) is 12.7. The molecule has 0 aliphatic carbocycles. The van der Waals surface area contributed by atoms with Crippen molar-refractivity contribution in [2.75, 3.05) is 32.2 Å². The van der Waals surface area contributed by atoms with Gasteiger partial charge < -0.3 is 24.6 Å². The Bertz CT molecular complexity index is 1050. The molecule has 0 saturated carbocycles. The number of anilines is 1. The molecule has 1 atom stereocenters. The Morgan fingerprint density at radius 1 is 0.794 bits per heavy atom. The lowest BCUT2D eigenvalue weighted by Crippen LogP contribution is -2.29. The van der Waals surface area contributed by atoms with Crippen LogP contribution >= 0.6 is 0 Å². The first kappa shape index (κ1) is 25.1. The summed E-state index contributed by atoms with van der Waals surface area (Å²) in [5.41, 5.74) is 1.83. The Balaban J connectivity index is 1.92. The third-order valence-corrected chi connectivity index (χ3v) is 5.62. The lowest BCUT2D eigenvalue weighted by atomic mass is 9.80. The van der Waals surface area contributed by atoms with Gasteiger partial charge in [-0.15, -0.1) is 0 Å². The topological polar surface area (TPSA) is 79.2 Å². The predicted octanol–water partition coefficient (Wildman–Crippen LogP) is 5.07. The fourth-order valence-electron chi connectivity index (χ4n) is 3.72. The van der Waals surface area contributed by atoms with E-state index in [0.717, 1.165) is 29.0 Å². The van der Waals surface area contributed by atoms with E-state index in [1.165, 1.54) is 0 Å². The minimum atomic E-state index is -1.38. The second-order valence-electron chi connectivity index (χ2n) is 8.39. The van der Waals surface area contributed by atoms with Crippen molar-refractivity contribution >= 4 is 11.7 Å². The first-order chi connectivity index (χ1) is 16.3. The van der Waals surface area contributed by atoms with Gasteiger partial charge in [-0.2, -0.15) is 0 Å². The van der Waals surface area contributed by atoms with Crippen LogP contribution in [0.25, 0.3) is 0 Å². The summed E-state index contributed by atoms with van der Waals surface area (Å²) in [5, 5.41) is 20.9. The molecule has 1 unspecified atom stereocenters. The van der Waals surface area contributed by atoms with E-state index < -0.39 is 11.6 Å².